The van der Waals surface area contributed by atoms with E-state index in [2.05, 4.69) is 0 Å². The molecular weight excluding hydrogens is 352 g/mol. The van der Waals surface area contributed by atoms with E-state index < -0.39 is 46.9 Å². The number of rotatable bonds is 3. The maximum absolute atomic E-state index is 13.3. The van der Waals surface area contributed by atoms with Crippen molar-refractivity contribution in [2.24, 2.45) is 11.8 Å². The third-order valence-corrected chi connectivity index (χ3v) is 6.10. The molecule has 3 amide bonds. The van der Waals surface area contributed by atoms with Gasteiger partial charge in [-0.1, -0.05) is 18.2 Å². The van der Waals surface area contributed by atoms with Gasteiger partial charge in [0.1, 0.15) is 11.8 Å². The molecule has 8 nitrogen and oxygen atoms in total. The molecule has 140 valence electrons. The molecule has 4 fully saturated rings. The van der Waals surface area contributed by atoms with Crippen LogP contribution in [0, 0.1) is 11.8 Å². The summed E-state index contributed by atoms with van der Waals surface area (Å²) >= 11 is 0. The second-order valence-corrected chi connectivity index (χ2v) is 7.27. The van der Waals surface area contributed by atoms with Crippen molar-refractivity contribution >= 4 is 29.4 Å². The molecule has 4 atom stereocenters. The monoisotopic (exact) mass is 370 g/mol. The zero-order valence-corrected chi connectivity index (χ0v) is 14.7. The van der Waals surface area contributed by atoms with Gasteiger partial charge in [0, 0.05) is 6.54 Å². The van der Waals surface area contributed by atoms with Gasteiger partial charge >= 0.3 is 5.97 Å². The van der Waals surface area contributed by atoms with Crippen LogP contribution in [-0.4, -0.2) is 53.1 Å². The number of benzene rings is 1. The largest absolute Gasteiger partial charge is 0.463 e. The molecule has 0 aliphatic carbocycles. The highest BCUT2D eigenvalue weighted by atomic mass is 16.6. The minimum absolute atomic E-state index is 0.0478. The molecule has 0 saturated carbocycles. The number of carbonyl (C=O) groups is 4. The average Bonchev–Trinajstić information content (AvgIpc) is 3.35. The molecule has 5 rings (SSSR count). The van der Waals surface area contributed by atoms with Crippen LogP contribution in [0.3, 0.4) is 0 Å². The molecule has 0 radical (unpaired) electrons. The normalized spacial score (nSPS) is 36.4. The van der Waals surface area contributed by atoms with Crippen molar-refractivity contribution in [2.75, 3.05) is 18.1 Å². The smallest absolute Gasteiger partial charge is 0.349 e. The van der Waals surface area contributed by atoms with Gasteiger partial charge in [-0.3, -0.25) is 14.4 Å². The predicted molar refractivity (Wildman–Crippen MR) is 90.0 cm³/mol. The summed E-state index contributed by atoms with van der Waals surface area (Å²) in [4.78, 5) is 55.1. The molecule has 4 saturated heterocycles. The van der Waals surface area contributed by atoms with Gasteiger partial charge in [-0.2, -0.15) is 0 Å². The van der Waals surface area contributed by atoms with Crippen molar-refractivity contribution in [3.8, 4) is 0 Å². The number of hydrogen-bond donors (Lipinski definition) is 0. The van der Waals surface area contributed by atoms with Crippen molar-refractivity contribution in [3.63, 3.8) is 0 Å². The van der Waals surface area contributed by atoms with Crippen LogP contribution in [-0.2, 0) is 28.7 Å². The van der Waals surface area contributed by atoms with Crippen molar-refractivity contribution in [3.05, 3.63) is 30.3 Å². The van der Waals surface area contributed by atoms with E-state index in [4.69, 9.17) is 9.47 Å². The summed E-state index contributed by atoms with van der Waals surface area (Å²) in [6.45, 7) is 2.07. The third-order valence-electron chi connectivity index (χ3n) is 6.10. The number of esters is 1. The van der Waals surface area contributed by atoms with Crippen LogP contribution in [0.1, 0.15) is 19.8 Å². The molecule has 0 unspecified atom stereocenters. The number of imide groups is 1. The van der Waals surface area contributed by atoms with Gasteiger partial charge in [-0.15, -0.1) is 0 Å². The molecule has 4 aliphatic rings. The number of ether oxygens (including phenoxy) is 2. The topological polar surface area (TPSA) is 93.2 Å². The quantitative estimate of drug-likeness (QED) is 0.436. The van der Waals surface area contributed by atoms with Crippen LogP contribution in [0.2, 0.25) is 0 Å². The molecule has 0 N–H and O–H groups in total. The van der Waals surface area contributed by atoms with Crippen LogP contribution in [0.5, 0.6) is 0 Å². The summed E-state index contributed by atoms with van der Waals surface area (Å²) in [5.41, 5.74) is -2.86. The molecular formula is C19H18N2O6. The first kappa shape index (κ1) is 16.4. The van der Waals surface area contributed by atoms with E-state index in [9.17, 15) is 19.2 Å². The number of piperidine rings is 1. The van der Waals surface area contributed by atoms with Crippen molar-refractivity contribution < 1.29 is 28.7 Å². The molecule has 27 heavy (non-hydrogen) atoms. The van der Waals surface area contributed by atoms with E-state index in [0.29, 0.717) is 25.1 Å². The Kier molecular flexibility index (Phi) is 3.14. The maximum Gasteiger partial charge on any atom is 0.349 e. The van der Waals surface area contributed by atoms with Gasteiger partial charge in [-0.05, 0) is 31.9 Å². The maximum atomic E-state index is 13.3. The lowest BCUT2D eigenvalue weighted by Crippen LogP contribution is -2.60. The van der Waals surface area contributed by atoms with E-state index in [-0.39, 0.29) is 6.61 Å². The fourth-order valence-electron chi connectivity index (χ4n) is 5.16. The van der Waals surface area contributed by atoms with Crippen LogP contribution < -0.4 is 4.90 Å². The minimum Gasteiger partial charge on any atom is -0.463 e. The number of hydrogen-bond acceptors (Lipinski definition) is 6. The first-order valence-corrected chi connectivity index (χ1v) is 9.11. The molecule has 0 aromatic heterocycles. The Morgan fingerprint density at radius 3 is 2.59 bits per heavy atom. The fraction of sp³-hybridized carbons (Fsp3) is 0.474. The van der Waals surface area contributed by atoms with Crippen LogP contribution in [0.25, 0.3) is 0 Å². The van der Waals surface area contributed by atoms with Crippen molar-refractivity contribution in [1.29, 1.82) is 0 Å². The molecule has 4 aliphatic heterocycles. The SMILES string of the molecule is CCOC(=O)[C@@]12O[C@]3(CCCN3C1=O)[C@H]1C(=O)N(c3ccccc3)C(=O)[C@H]12. The number of para-hydroxylation sites is 1. The van der Waals surface area contributed by atoms with Crippen LogP contribution >= 0.6 is 0 Å². The van der Waals surface area contributed by atoms with Gasteiger partial charge in [0.2, 0.25) is 11.8 Å². The summed E-state index contributed by atoms with van der Waals surface area (Å²) in [5.74, 6) is -4.54. The Morgan fingerprint density at radius 1 is 1.19 bits per heavy atom. The van der Waals surface area contributed by atoms with Crippen molar-refractivity contribution in [2.45, 2.75) is 31.1 Å². The highest BCUT2D eigenvalue weighted by Gasteiger charge is 2.86. The van der Waals surface area contributed by atoms with E-state index in [1.165, 1.54) is 4.90 Å². The van der Waals surface area contributed by atoms with E-state index >= 15 is 0 Å². The molecule has 1 spiro atoms. The Morgan fingerprint density at radius 2 is 1.89 bits per heavy atom. The number of nitrogens with zero attached hydrogens (tertiary/aromatic N) is 2. The second kappa shape index (κ2) is 5.16. The average molecular weight is 370 g/mol. The van der Waals surface area contributed by atoms with Gasteiger partial charge in [0.15, 0.2) is 5.72 Å². The van der Waals surface area contributed by atoms with E-state index in [0.717, 1.165) is 4.90 Å². The zero-order valence-electron chi connectivity index (χ0n) is 14.7. The van der Waals surface area contributed by atoms with E-state index in [1.54, 1.807) is 37.3 Å². The zero-order chi connectivity index (χ0) is 19.0. The van der Waals surface area contributed by atoms with Gasteiger partial charge in [-0.25, -0.2) is 9.69 Å². The minimum atomic E-state index is -2.06. The molecule has 4 heterocycles. The standard InChI is InChI=1S/C19H18N2O6/c1-2-26-17(25)19-13-12(18(27-19)9-6-10-20(18)16(19)24)14(22)21(15(13)23)11-7-4-3-5-8-11/h3-5,7-8,12-13H,2,6,9-10H2,1H3/t12-,13+,18-,19+/m1/s1. The first-order valence-electron chi connectivity index (χ1n) is 9.11. The fourth-order valence-corrected chi connectivity index (χ4v) is 5.16. The molecule has 8 heteroatoms. The number of amides is 3. The highest BCUT2D eigenvalue weighted by molar-refractivity contribution is 6.28. The summed E-state index contributed by atoms with van der Waals surface area (Å²) in [6.07, 6.45) is 1.07. The number of carbonyl (C=O) groups excluding carboxylic acids is 4. The van der Waals surface area contributed by atoms with Crippen molar-refractivity contribution in [1.82, 2.24) is 4.90 Å². The Labute approximate surface area is 155 Å². The number of anilines is 1. The van der Waals surface area contributed by atoms with Gasteiger partial charge in [0.25, 0.3) is 11.5 Å². The summed E-state index contributed by atoms with van der Waals surface area (Å²) < 4.78 is 11.1. The Hall–Kier alpha value is -2.74. The molecule has 1 aromatic rings. The predicted octanol–water partition coefficient (Wildman–Crippen LogP) is 0.457. The Bertz CT molecular complexity index is 885. The van der Waals surface area contributed by atoms with Gasteiger partial charge < -0.3 is 14.4 Å². The summed E-state index contributed by atoms with van der Waals surface area (Å²) in [6, 6.07) is 8.54. The van der Waals surface area contributed by atoms with Crippen LogP contribution in [0.4, 0.5) is 5.69 Å². The third kappa shape index (κ3) is 1.67. The first-order chi connectivity index (χ1) is 13.0. The van der Waals surface area contributed by atoms with E-state index in [1.807, 2.05) is 0 Å². The lowest BCUT2D eigenvalue weighted by Gasteiger charge is -2.35. The molecule has 2 bridgehead atoms. The summed E-state index contributed by atoms with van der Waals surface area (Å²) in [5, 5.41) is 0. The Balaban J connectivity index is 1.68. The molecule has 1 aromatic carbocycles. The van der Waals surface area contributed by atoms with Gasteiger partial charge in [0.05, 0.1) is 12.3 Å². The summed E-state index contributed by atoms with van der Waals surface area (Å²) in [7, 11) is 0. The lowest BCUT2D eigenvalue weighted by molar-refractivity contribution is -0.176. The lowest BCUT2D eigenvalue weighted by atomic mass is 9.74. The highest BCUT2D eigenvalue weighted by Crippen LogP contribution is 2.63. The second-order valence-electron chi connectivity index (χ2n) is 7.27. The van der Waals surface area contributed by atoms with Crippen LogP contribution in [0.15, 0.2) is 30.3 Å². The number of fused-ring (bicyclic) bond motifs is 3.